The number of morpholine rings is 1. The second-order valence-corrected chi connectivity index (χ2v) is 8.38. The third-order valence-electron chi connectivity index (χ3n) is 5.63. The molecule has 2 heterocycles. The summed E-state index contributed by atoms with van der Waals surface area (Å²) in [6.07, 6.45) is 3.32. The van der Waals surface area contributed by atoms with E-state index in [1.54, 1.807) is 7.05 Å². The predicted molar refractivity (Wildman–Crippen MR) is 146 cm³/mol. The molecule has 33 heavy (non-hydrogen) atoms. The number of anilines is 1. The highest BCUT2D eigenvalue weighted by Crippen LogP contribution is 2.22. The number of pyridine rings is 1. The molecular weight excluding hydrogens is 529 g/mol. The Balaban J connectivity index is 0.00000385. The Morgan fingerprint density at radius 3 is 2.73 bits per heavy atom. The van der Waals surface area contributed by atoms with Gasteiger partial charge in [-0.3, -0.25) is 4.99 Å². The summed E-state index contributed by atoms with van der Waals surface area (Å²) in [5.41, 5.74) is 3.41. The lowest BCUT2D eigenvalue weighted by Crippen LogP contribution is -2.41. The number of halogens is 1. The molecule has 2 unspecified atom stereocenters. The molecule has 2 atom stereocenters. The van der Waals surface area contributed by atoms with Gasteiger partial charge in [0.25, 0.3) is 0 Å². The number of nitrogens with one attached hydrogen (secondary N) is 2. The fourth-order valence-corrected chi connectivity index (χ4v) is 3.54. The normalized spacial score (nSPS) is 17.2. The second kappa shape index (κ2) is 13.6. The van der Waals surface area contributed by atoms with E-state index in [0.717, 1.165) is 54.8 Å². The molecule has 1 aliphatic heterocycles. The number of aromatic nitrogens is 1. The van der Waals surface area contributed by atoms with E-state index < -0.39 is 0 Å². The van der Waals surface area contributed by atoms with Gasteiger partial charge in [0.1, 0.15) is 11.6 Å². The Labute approximate surface area is 215 Å². The van der Waals surface area contributed by atoms with E-state index in [1.807, 2.05) is 6.20 Å². The minimum Gasteiger partial charge on any atom is -0.490 e. The Kier molecular flexibility index (Phi) is 11.2. The zero-order chi connectivity index (χ0) is 22.9. The average molecular weight is 568 g/mol. The van der Waals surface area contributed by atoms with Crippen LogP contribution in [-0.4, -0.2) is 49.9 Å². The Morgan fingerprint density at radius 2 is 2.06 bits per heavy atom. The number of aliphatic imine (C=N–C) groups is 1. The largest absolute Gasteiger partial charge is 0.490 e. The molecule has 2 N–H and O–H groups in total. The van der Waals surface area contributed by atoms with E-state index >= 15 is 0 Å². The Bertz CT molecular complexity index is 891. The quantitative estimate of drug-likeness (QED) is 0.282. The number of hydrogen-bond acceptors (Lipinski definition) is 5. The smallest absolute Gasteiger partial charge is 0.191 e. The van der Waals surface area contributed by atoms with Crippen molar-refractivity contribution >= 4 is 35.8 Å². The molecule has 8 heteroatoms. The summed E-state index contributed by atoms with van der Waals surface area (Å²) in [6.45, 7) is 12.2. The van der Waals surface area contributed by atoms with Gasteiger partial charge >= 0.3 is 0 Å². The molecule has 1 aliphatic rings. The van der Waals surface area contributed by atoms with Crippen molar-refractivity contribution in [3.63, 3.8) is 0 Å². The van der Waals surface area contributed by atoms with Crippen LogP contribution in [0.2, 0.25) is 0 Å². The highest BCUT2D eigenvalue weighted by atomic mass is 127. The molecule has 3 rings (SSSR count). The van der Waals surface area contributed by atoms with Crippen LogP contribution < -0.4 is 20.3 Å². The second-order valence-electron chi connectivity index (χ2n) is 8.38. The summed E-state index contributed by atoms with van der Waals surface area (Å²) in [5.74, 6) is 2.67. The van der Waals surface area contributed by atoms with Crippen molar-refractivity contribution in [3.8, 4) is 5.75 Å². The highest BCUT2D eigenvalue weighted by Gasteiger charge is 2.17. The Morgan fingerprint density at radius 1 is 1.27 bits per heavy atom. The first-order valence-corrected chi connectivity index (χ1v) is 11.5. The molecule has 7 nitrogen and oxygen atoms in total. The number of rotatable bonds is 8. The first-order chi connectivity index (χ1) is 15.5. The number of aryl methyl sites for hydroxylation is 1. The summed E-state index contributed by atoms with van der Waals surface area (Å²) < 4.78 is 11.7. The molecule has 1 fully saturated rings. The number of hydrogen-bond donors (Lipinski definition) is 2. The first-order valence-electron chi connectivity index (χ1n) is 11.5. The van der Waals surface area contributed by atoms with Crippen LogP contribution in [0.5, 0.6) is 5.75 Å². The van der Waals surface area contributed by atoms with Crippen LogP contribution in [0.3, 0.4) is 0 Å². The molecular formula is C25H38IN5O2. The molecule has 1 aromatic carbocycles. The predicted octanol–water partition coefficient (Wildman–Crippen LogP) is 4.28. The SMILES string of the molecule is CCC(C)Oc1cc(C)ccc1CNC(=NC)NCc1ccc(N2CCOC(C)C2)nc1.I. The van der Waals surface area contributed by atoms with Crippen LogP contribution in [0, 0.1) is 6.92 Å². The monoisotopic (exact) mass is 567 g/mol. The summed E-state index contributed by atoms with van der Waals surface area (Å²) in [5, 5.41) is 6.76. The summed E-state index contributed by atoms with van der Waals surface area (Å²) >= 11 is 0. The van der Waals surface area contributed by atoms with Gasteiger partial charge in [-0.15, -0.1) is 24.0 Å². The first kappa shape index (κ1) is 27.2. The third kappa shape index (κ3) is 8.33. The van der Waals surface area contributed by atoms with Crippen LogP contribution in [0.15, 0.2) is 41.5 Å². The van der Waals surface area contributed by atoms with Gasteiger partial charge in [-0.05, 0) is 50.5 Å². The molecule has 0 saturated carbocycles. The average Bonchev–Trinajstić information content (AvgIpc) is 2.80. The third-order valence-corrected chi connectivity index (χ3v) is 5.63. The highest BCUT2D eigenvalue weighted by molar-refractivity contribution is 14.0. The van der Waals surface area contributed by atoms with Gasteiger partial charge in [-0.1, -0.05) is 25.1 Å². The number of nitrogens with zero attached hydrogens (tertiary/aromatic N) is 3. The lowest BCUT2D eigenvalue weighted by molar-refractivity contribution is 0.0529. The maximum absolute atomic E-state index is 6.12. The van der Waals surface area contributed by atoms with E-state index in [0.29, 0.717) is 13.1 Å². The Hall–Kier alpha value is -2.07. The van der Waals surface area contributed by atoms with Gasteiger partial charge in [0, 0.05) is 45.0 Å². The molecule has 0 spiro atoms. The topological polar surface area (TPSA) is 71.0 Å². The molecule has 0 amide bonds. The molecule has 0 radical (unpaired) electrons. The molecule has 1 saturated heterocycles. The van der Waals surface area contributed by atoms with Crippen molar-refractivity contribution in [2.24, 2.45) is 4.99 Å². The summed E-state index contributed by atoms with van der Waals surface area (Å²) in [4.78, 5) is 11.3. The number of guanidine groups is 1. The van der Waals surface area contributed by atoms with Crippen molar-refractivity contribution in [3.05, 3.63) is 53.2 Å². The number of ether oxygens (including phenoxy) is 2. The fraction of sp³-hybridized carbons (Fsp3) is 0.520. The summed E-state index contributed by atoms with van der Waals surface area (Å²) in [6, 6.07) is 10.5. The molecule has 0 bridgehead atoms. The molecule has 0 aliphatic carbocycles. The van der Waals surface area contributed by atoms with Crippen LogP contribution >= 0.6 is 24.0 Å². The lowest BCUT2D eigenvalue weighted by Gasteiger charge is -2.32. The van der Waals surface area contributed by atoms with Gasteiger partial charge < -0.3 is 25.0 Å². The zero-order valence-electron chi connectivity index (χ0n) is 20.4. The zero-order valence-corrected chi connectivity index (χ0v) is 22.8. The van der Waals surface area contributed by atoms with Crippen LogP contribution in [-0.2, 0) is 17.8 Å². The minimum atomic E-state index is 0. The van der Waals surface area contributed by atoms with Gasteiger partial charge in [-0.2, -0.15) is 0 Å². The molecule has 182 valence electrons. The van der Waals surface area contributed by atoms with Crippen molar-refractivity contribution in [1.82, 2.24) is 15.6 Å². The van der Waals surface area contributed by atoms with E-state index in [9.17, 15) is 0 Å². The number of benzene rings is 1. The van der Waals surface area contributed by atoms with Gasteiger partial charge in [0.05, 0.1) is 18.8 Å². The molecule has 1 aromatic heterocycles. The van der Waals surface area contributed by atoms with Gasteiger partial charge in [0.2, 0.25) is 0 Å². The fourth-order valence-electron chi connectivity index (χ4n) is 3.54. The van der Waals surface area contributed by atoms with Gasteiger partial charge in [-0.25, -0.2) is 4.98 Å². The van der Waals surface area contributed by atoms with E-state index in [1.165, 1.54) is 5.56 Å². The van der Waals surface area contributed by atoms with Crippen molar-refractivity contribution in [1.29, 1.82) is 0 Å². The van der Waals surface area contributed by atoms with Crippen LogP contribution in [0.1, 0.15) is 43.9 Å². The van der Waals surface area contributed by atoms with Crippen molar-refractivity contribution in [2.45, 2.75) is 59.4 Å². The summed E-state index contributed by atoms with van der Waals surface area (Å²) in [7, 11) is 1.78. The van der Waals surface area contributed by atoms with E-state index in [2.05, 4.69) is 83.5 Å². The maximum Gasteiger partial charge on any atom is 0.191 e. The minimum absolute atomic E-state index is 0. The van der Waals surface area contributed by atoms with E-state index in [-0.39, 0.29) is 36.2 Å². The van der Waals surface area contributed by atoms with Crippen molar-refractivity contribution in [2.75, 3.05) is 31.6 Å². The van der Waals surface area contributed by atoms with Gasteiger partial charge in [0.15, 0.2) is 5.96 Å². The van der Waals surface area contributed by atoms with E-state index in [4.69, 9.17) is 9.47 Å². The van der Waals surface area contributed by atoms with Crippen molar-refractivity contribution < 1.29 is 9.47 Å². The maximum atomic E-state index is 6.12. The van der Waals surface area contributed by atoms with Crippen LogP contribution in [0.25, 0.3) is 0 Å². The lowest BCUT2D eigenvalue weighted by atomic mass is 10.1. The molecule has 2 aromatic rings. The standard InChI is InChI=1S/C25H37N5O2.HI/c1-6-19(3)32-23-13-18(2)7-9-22(23)16-29-25(26-5)28-15-21-8-10-24(27-14-21)30-11-12-31-20(4)17-30;/h7-10,13-14,19-20H,6,11-12,15-17H2,1-5H3,(H2,26,28,29);1H. The van der Waals surface area contributed by atoms with Crippen LogP contribution in [0.4, 0.5) is 5.82 Å².